The summed E-state index contributed by atoms with van der Waals surface area (Å²) in [6.45, 7) is 0. The van der Waals surface area contributed by atoms with Crippen LogP contribution in [0.3, 0.4) is 0 Å². The topological polar surface area (TPSA) is 62.2 Å². The van der Waals surface area contributed by atoms with Crippen LogP contribution in [0.15, 0.2) is 24.4 Å². The maximum atomic E-state index is 10.8. The van der Waals surface area contributed by atoms with Gasteiger partial charge in [0.05, 0.1) is 0 Å². The van der Waals surface area contributed by atoms with Crippen molar-refractivity contribution in [3.8, 4) is 0 Å². The van der Waals surface area contributed by atoms with E-state index in [2.05, 4.69) is 9.71 Å². The first-order valence-corrected chi connectivity index (χ1v) is 7.26. The molecule has 6 heteroatoms. The molecule has 2 N–H and O–H groups in total. The van der Waals surface area contributed by atoms with Crippen LogP contribution in [-0.4, -0.2) is 22.1 Å². The summed E-state index contributed by atoms with van der Waals surface area (Å²) in [7, 11) is 1.27. The van der Waals surface area contributed by atoms with Crippen molar-refractivity contribution in [1.29, 1.82) is 0 Å². The lowest BCUT2D eigenvalue weighted by atomic mass is 10.1. The number of nitrogens with one attached hydrogen (secondary N) is 1. The maximum Gasteiger partial charge on any atom is 0.321 e. The van der Waals surface area contributed by atoms with E-state index in [1.54, 1.807) is 12.3 Å². The number of aromatic nitrogens is 1. The second-order valence-corrected chi connectivity index (χ2v) is 4.32. The molecule has 0 aliphatic rings. The third-order valence-electron chi connectivity index (χ3n) is 1.62. The van der Waals surface area contributed by atoms with Gasteiger partial charge in [-0.15, -0.1) is 0 Å². The number of pyridine rings is 1. The molecule has 0 fully saturated rings. The van der Waals surface area contributed by atoms with E-state index in [1.165, 1.54) is 9.12 Å². The van der Waals surface area contributed by atoms with Crippen LogP contribution in [-0.2, 0) is 11.2 Å². The molecule has 0 radical (unpaired) electrons. The van der Waals surface area contributed by atoms with Gasteiger partial charge in [0.25, 0.3) is 0 Å². The summed E-state index contributed by atoms with van der Waals surface area (Å²) in [5, 5.41) is 8.86. The SMILES string of the molecule is O=C(O)[C@H](Cc1ccccn1)NSI. The van der Waals surface area contributed by atoms with E-state index < -0.39 is 12.0 Å². The minimum atomic E-state index is -0.861. The summed E-state index contributed by atoms with van der Waals surface area (Å²) < 4.78 is 2.79. The second-order valence-electron chi connectivity index (χ2n) is 2.61. The number of carboxylic acids is 1. The number of halogens is 1. The highest BCUT2D eigenvalue weighted by atomic mass is 127. The van der Waals surface area contributed by atoms with Crippen LogP contribution < -0.4 is 4.72 Å². The van der Waals surface area contributed by atoms with E-state index >= 15 is 0 Å². The fourth-order valence-electron chi connectivity index (χ4n) is 0.961. The second kappa shape index (κ2) is 6.20. The number of rotatable bonds is 5. The van der Waals surface area contributed by atoms with Crippen molar-refractivity contribution < 1.29 is 9.90 Å². The average molecular weight is 324 g/mol. The van der Waals surface area contributed by atoms with Crippen molar-refractivity contribution in [3.63, 3.8) is 0 Å². The van der Waals surface area contributed by atoms with Gasteiger partial charge in [-0.05, 0) is 21.3 Å². The van der Waals surface area contributed by atoms with Gasteiger partial charge in [-0.2, -0.15) is 0 Å². The predicted molar refractivity (Wildman–Crippen MR) is 64.1 cm³/mol. The van der Waals surface area contributed by atoms with Gasteiger partial charge in [0, 0.05) is 39.5 Å². The van der Waals surface area contributed by atoms with Crippen LogP contribution in [0.2, 0.25) is 0 Å². The van der Waals surface area contributed by atoms with E-state index in [-0.39, 0.29) is 0 Å². The summed E-state index contributed by atoms with van der Waals surface area (Å²) >= 11 is 2.00. The van der Waals surface area contributed by atoms with Gasteiger partial charge in [0.2, 0.25) is 0 Å². The maximum absolute atomic E-state index is 10.8. The highest BCUT2D eigenvalue weighted by Crippen LogP contribution is 2.09. The van der Waals surface area contributed by atoms with Gasteiger partial charge in [-0.25, -0.2) is 4.72 Å². The first-order chi connectivity index (χ1) is 6.74. The fraction of sp³-hybridized carbons (Fsp3) is 0.250. The fourth-order valence-corrected chi connectivity index (χ4v) is 2.17. The van der Waals surface area contributed by atoms with Crippen LogP contribution in [0.25, 0.3) is 0 Å². The Hall–Kier alpha value is -0.340. The van der Waals surface area contributed by atoms with Gasteiger partial charge in [0.15, 0.2) is 0 Å². The highest BCUT2D eigenvalue weighted by molar-refractivity contribution is 14.2. The Balaban J connectivity index is 2.60. The van der Waals surface area contributed by atoms with Crippen LogP contribution in [0.1, 0.15) is 5.69 Å². The Kier molecular flexibility index (Phi) is 5.20. The minimum absolute atomic E-state index is 0.395. The highest BCUT2D eigenvalue weighted by Gasteiger charge is 2.17. The van der Waals surface area contributed by atoms with Crippen molar-refractivity contribution in [2.24, 2.45) is 0 Å². The Bertz CT molecular complexity index is 297. The van der Waals surface area contributed by atoms with Crippen molar-refractivity contribution in [1.82, 2.24) is 9.71 Å². The lowest BCUT2D eigenvalue weighted by molar-refractivity contribution is -0.138. The molecule has 1 rings (SSSR count). The van der Waals surface area contributed by atoms with Gasteiger partial charge in [0.1, 0.15) is 6.04 Å². The number of hydrogen-bond donors (Lipinski definition) is 2. The van der Waals surface area contributed by atoms with Crippen LogP contribution in [0.5, 0.6) is 0 Å². The number of aliphatic carboxylic acids is 1. The van der Waals surface area contributed by atoms with E-state index in [9.17, 15) is 4.79 Å². The van der Waals surface area contributed by atoms with Gasteiger partial charge < -0.3 is 5.11 Å². The third-order valence-corrected chi connectivity index (χ3v) is 2.76. The summed E-state index contributed by atoms with van der Waals surface area (Å²) in [5.41, 5.74) is 0.776. The molecule has 0 aromatic carbocycles. The van der Waals surface area contributed by atoms with E-state index in [0.29, 0.717) is 6.42 Å². The molecule has 0 aliphatic heterocycles. The van der Waals surface area contributed by atoms with Gasteiger partial charge in [-0.1, -0.05) is 6.07 Å². The Labute approximate surface area is 98.2 Å². The van der Waals surface area contributed by atoms with E-state index in [1.807, 2.05) is 33.3 Å². The molecule has 0 spiro atoms. The number of carbonyl (C=O) groups is 1. The first kappa shape index (κ1) is 11.7. The molecule has 14 heavy (non-hydrogen) atoms. The van der Waals surface area contributed by atoms with E-state index in [0.717, 1.165) is 5.69 Å². The van der Waals surface area contributed by atoms with Gasteiger partial charge in [-0.3, -0.25) is 9.78 Å². The zero-order valence-electron chi connectivity index (χ0n) is 7.18. The molecule has 1 heterocycles. The average Bonchev–Trinajstić information content (AvgIpc) is 2.18. The molecule has 1 aromatic rings. The Morgan fingerprint density at radius 3 is 3.00 bits per heavy atom. The van der Waals surface area contributed by atoms with Crippen molar-refractivity contribution >= 4 is 36.3 Å². The number of nitrogens with zero attached hydrogens (tertiary/aromatic N) is 1. The van der Waals surface area contributed by atoms with Crippen molar-refractivity contribution in [2.45, 2.75) is 12.5 Å². The Morgan fingerprint density at radius 2 is 2.50 bits per heavy atom. The quantitative estimate of drug-likeness (QED) is 0.637. The Morgan fingerprint density at radius 1 is 1.71 bits per heavy atom. The molecule has 0 amide bonds. The lowest BCUT2D eigenvalue weighted by Gasteiger charge is -2.10. The molecule has 0 bridgehead atoms. The largest absolute Gasteiger partial charge is 0.480 e. The zero-order valence-corrected chi connectivity index (χ0v) is 10.2. The minimum Gasteiger partial charge on any atom is -0.480 e. The summed E-state index contributed by atoms with van der Waals surface area (Å²) in [5.74, 6) is -0.861. The monoisotopic (exact) mass is 324 g/mol. The van der Waals surface area contributed by atoms with Crippen LogP contribution in [0.4, 0.5) is 0 Å². The molecule has 0 saturated carbocycles. The smallest absolute Gasteiger partial charge is 0.321 e. The molecule has 0 aliphatic carbocycles. The standard InChI is InChI=1S/C8H9IN2O2S/c9-14-11-7(8(12)13)5-6-3-1-2-4-10-6/h1-4,7,11H,5H2,(H,12,13)/t7-/m0/s1. The van der Waals surface area contributed by atoms with Crippen molar-refractivity contribution in [3.05, 3.63) is 30.1 Å². The van der Waals surface area contributed by atoms with Crippen LogP contribution in [0, 0.1) is 0 Å². The summed E-state index contributed by atoms with van der Waals surface area (Å²) in [6.07, 6.45) is 2.05. The zero-order chi connectivity index (χ0) is 10.4. The summed E-state index contributed by atoms with van der Waals surface area (Å²) in [4.78, 5) is 14.9. The third kappa shape index (κ3) is 3.81. The molecule has 1 aromatic heterocycles. The predicted octanol–water partition coefficient (Wildman–Crippen LogP) is 1.67. The normalized spacial score (nSPS) is 12.4. The molecule has 4 nitrogen and oxygen atoms in total. The molecule has 76 valence electrons. The first-order valence-electron chi connectivity index (χ1n) is 3.90. The van der Waals surface area contributed by atoms with Gasteiger partial charge >= 0.3 is 5.97 Å². The number of carboxylic acid groups (broad SMARTS) is 1. The molecule has 0 unspecified atom stereocenters. The summed E-state index contributed by atoms with van der Waals surface area (Å²) in [6, 6.07) is 4.88. The van der Waals surface area contributed by atoms with Crippen molar-refractivity contribution in [2.75, 3.05) is 0 Å². The molecule has 1 atom stereocenters. The number of hydrogen-bond acceptors (Lipinski definition) is 4. The van der Waals surface area contributed by atoms with E-state index in [4.69, 9.17) is 5.11 Å². The lowest BCUT2D eigenvalue weighted by Crippen LogP contribution is -2.33. The van der Waals surface area contributed by atoms with Crippen LogP contribution >= 0.6 is 30.3 Å². The molecule has 0 saturated heterocycles. The molecular weight excluding hydrogens is 315 g/mol. The molecular formula is C8H9IN2O2S.